The van der Waals surface area contributed by atoms with Crippen molar-refractivity contribution in [3.63, 3.8) is 0 Å². The van der Waals surface area contributed by atoms with E-state index in [2.05, 4.69) is 17.4 Å². The molecule has 0 aliphatic rings. The Bertz CT molecular complexity index is 243. The maximum absolute atomic E-state index is 8.61. The molecule has 0 bridgehead atoms. The predicted octanol–water partition coefficient (Wildman–Crippen LogP) is 1.28. The highest BCUT2D eigenvalue weighted by atomic mass is 16.5. The molecule has 1 aromatic heterocycles. The molecule has 0 spiro atoms. The fraction of sp³-hybridized carbons (Fsp3) is 0.429. The van der Waals surface area contributed by atoms with Crippen molar-refractivity contribution in [1.29, 1.82) is 5.26 Å². The van der Waals surface area contributed by atoms with Crippen LogP contribution in [0.15, 0.2) is 10.6 Å². The first-order valence-electron chi connectivity index (χ1n) is 2.91. The van der Waals surface area contributed by atoms with Crippen LogP contribution in [-0.2, 0) is 5.41 Å². The van der Waals surface area contributed by atoms with E-state index in [0.717, 1.165) is 0 Å². The van der Waals surface area contributed by atoms with Crippen LogP contribution in [0.1, 0.15) is 19.6 Å². The van der Waals surface area contributed by atoms with Crippen LogP contribution >= 0.6 is 0 Å². The molecule has 3 heteroatoms. The van der Waals surface area contributed by atoms with Crippen molar-refractivity contribution >= 4 is 0 Å². The number of rotatable bonds is 1. The van der Waals surface area contributed by atoms with Gasteiger partial charge in [0.1, 0.15) is 11.6 Å². The third kappa shape index (κ3) is 1.01. The lowest BCUT2D eigenvalue weighted by atomic mass is 9.93. The Labute approximate surface area is 59.2 Å². The highest BCUT2D eigenvalue weighted by Gasteiger charge is 2.23. The quantitative estimate of drug-likeness (QED) is 0.582. The number of nitriles is 1. The summed E-state index contributed by atoms with van der Waals surface area (Å²) in [6.07, 6.45) is 2.50. The second kappa shape index (κ2) is 2.14. The van der Waals surface area contributed by atoms with Crippen LogP contribution in [0.3, 0.4) is 0 Å². The van der Waals surface area contributed by atoms with Crippen LogP contribution in [0.5, 0.6) is 0 Å². The fourth-order valence-electron chi connectivity index (χ4n) is 0.536. The van der Waals surface area contributed by atoms with Gasteiger partial charge in [-0.15, -0.1) is 0 Å². The zero-order chi connectivity index (χ0) is 7.61. The van der Waals surface area contributed by atoms with Gasteiger partial charge in [0.25, 0.3) is 0 Å². The molecule has 10 heavy (non-hydrogen) atoms. The first-order chi connectivity index (χ1) is 4.67. The fourth-order valence-corrected chi connectivity index (χ4v) is 0.536. The van der Waals surface area contributed by atoms with Crippen molar-refractivity contribution < 1.29 is 4.52 Å². The largest absolute Gasteiger partial charge is 0.359 e. The molecular weight excluding hydrogens is 128 g/mol. The van der Waals surface area contributed by atoms with Gasteiger partial charge in [-0.1, -0.05) is 5.16 Å². The third-order valence-electron chi connectivity index (χ3n) is 1.29. The molecular formula is C7H7N2O. The van der Waals surface area contributed by atoms with Gasteiger partial charge in [0, 0.05) is 6.07 Å². The van der Waals surface area contributed by atoms with Gasteiger partial charge in [-0.05, 0) is 13.8 Å². The third-order valence-corrected chi connectivity index (χ3v) is 1.29. The molecule has 0 saturated carbocycles. The monoisotopic (exact) mass is 135 g/mol. The maximum Gasteiger partial charge on any atom is 0.157 e. The second-order valence-electron chi connectivity index (χ2n) is 2.56. The van der Waals surface area contributed by atoms with Gasteiger partial charge in [-0.3, -0.25) is 0 Å². The van der Waals surface area contributed by atoms with Gasteiger partial charge in [0.15, 0.2) is 5.76 Å². The van der Waals surface area contributed by atoms with E-state index >= 15 is 0 Å². The van der Waals surface area contributed by atoms with E-state index in [1.165, 1.54) is 0 Å². The van der Waals surface area contributed by atoms with Gasteiger partial charge < -0.3 is 4.52 Å². The van der Waals surface area contributed by atoms with Crippen LogP contribution in [-0.4, -0.2) is 5.16 Å². The first-order valence-corrected chi connectivity index (χ1v) is 2.91. The Morgan fingerprint density at radius 2 is 2.50 bits per heavy atom. The van der Waals surface area contributed by atoms with E-state index in [-0.39, 0.29) is 0 Å². The molecule has 0 amide bonds. The molecule has 51 valence electrons. The predicted molar refractivity (Wildman–Crippen MR) is 34.0 cm³/mol. The average molecular weight is 135 g/mol. The smallest absolute Gasteiger partial charge is 0.157 e. The van der Waals surface area contributed by atoms with Crippen LogP contribution in [0.2, 0.25) is 0 Å². The molecule has 0 aliphatic heterocycles. The van der Waals surface area contributed by atoms with Gasteiger partial charge in [0.2, 0.25) is 0 Å². The molecule has 0 aliphatic carbocycles. The topological polar surface area (TPSA) is 49.8 Å². The minimum atomic E-state index is -0.590. The number of nitrogens with zero attached hydrogens (tertiary/aromatic N) is 2. The summed E-state index contributed by atoms with van der Waals surface area (Å²) in [7, 11) is 0. The lowest BCUT2D eigenvalue weighted by Crippen LogP contribution is -2.12. The van der Waals surface area contributed by atoms with Crippen LogP contribution in [0.25, 0.3) is 0 Å². The van der Waals surface area contributed by atoms with E-state index in [9.17, 15) is 0 Å². The number of hydrogen-bond acceptors (Lipinski definition) is 3. The molecule has 1 heterocycles. The van der Waals surface area contributed by atoms with Crippen LogP contribution in [0, 0.1) is 17.5 Å². The van der Waals surface area contributed by atoms with E-state index in [0.29, 0.717) is 5.76 Å². The first kappa shape index (κ1) is 6.81. The minimum absolute atomic E-state index is 0.551. The van der Waals surface area contributed by atoms with E-state index in [1.54, 1.807) is 19.9 Å². The molecule has 0 atom stereocenters. The summed E-state index contributed by atoms with van der Waals surface area (Å²) in [5, 5.41) is 12.0. The normalized spacial score (nSPS) is 10.9. The summed E-state index contributed by atoms with van der Waals surface area (Å²) in [6, 6.07) is 3.66. The van der Waals surface area contributed by atoms with Crippen molar-refractivity contribution in [1.82, 2.24) is 5.16 Å². The minimum Gasteiger partial charge on any atom is -0.359 e. The SMILES string of the molecule is CC(C)(C#N)c1c[c]no1. The Kier molecular flexibility index (Phi) is 1.46. The van der Waals surface area contributed by atoms with Gasteiger partial charge >= 0.3 is 0 Å². The van der Waals surface area contributed by atoms with Gasteiger partial charge in [-0.2, -0.15) is 5.26 Å². The summed E-state index contributed by atoms with van der Waals surface area (Å²) in [5.74, 6) is 0.551. The van der Waals surface area contributed by atoms with Crippen LogP contribution in [0.4, 0.5) is 0 Å². The molecule has 1 radical (unpaired) electrons. The van der Waals surface area contributed by atoms with E-state index in [4.69, 9.17) is 9.78 Å². The number of aromatic nitrogens is 1. The van der Waals surface area contributed by atoms with Gasteiger partial charge in [-0.25, -0.2) is 0 Å². The van der Waals surface area contributed by atoms with Crippen LogP contribution < -0.4 is 0 Å². The van der Waals surface area contributed by atoms with E-state index < -0.39 is 5.41 Å². The van der Waals surface area contributed by atoms with E-state index in [1.807, 2.05) is 0 Å². The highest BCUT2D eigenvalue weighted by molar-refractivity contribution is 5.18. The zero-order valence-corrected chi connectivity index (χ0v) is 5.88. The summed E-state index contributed by atoms with van der Waals surface area (Å²) >= 11 is 0. The van der Waals surface area contributed by atoms with Crippen molar-refractivity contribution in [2.45, 2.75) is 19.3 Å². The molecule has 0 unspecified atom stereocenters. The maximum atomic E-state index is 8.61. The Morgan fingerprint density at radius 3 is 2.90 bits per heavy atom. The second-order valence-corrected chi connectivity index (χ2v) is 2.56. The van der Waals surface area contributed by atoms with Crippen molar-refractivity contribution in [3.05, 3.63) is 18.0 Å². The molecule has 0 fully saturated rings. The number of hydrogen-bond donors (Lipinski definition) is 0. The Hall–Kier alpha value is -1.30. The zero-order valence-electron chi connectivity index (χ0n) is 5.88. The molecule has 0 saturated heterocycles. The molecule has 1 rings (SSSR count). The Balaban J connectivity index is 2.99. The molecule has 0 N–H and O–H groups in total. The summed E-state index contributed by atoms with van der Waals surface area (Å²) in [5.41, 5.74) is -0.590. The van der Waals surface area contributed by atoms with Crippen molar-refractivity contribution in [3.8, 4) is 6.07 Å². The lowest BCUT2D eigenvalue weighted by molar-refractivity contribution is 0.347. The van der Waals surface area contributed by atoms with Gasteiger partial charge in [0.05, 0.1) is 6.07 Å². The van der Waals surface area contributed by atoms with Crippen molar-refractivity contribution in [2.75, 3.05) is 0 Å². The molecule has 1 aromatic rings. The standard InChI is InChI=1S/C7H7N2O/c1-7(2,5-8)6-3-4-9-10-6/h3H,1-2H3. The lowest BCUT2D eigenvalue weighted by Gasteiger charge is -2.08. The summed E-state index contributed by atoms with van der Waals surface area (Å²) < 4.78 is 4.76. The Morgan fingerprint density at radius 1 is 1.80 bits per heavy atom. The molecule has 0 aromatic carbocycles. The average Bonchev–Trinajstić information content (AvgIpc) is 2.38. The summed E-state index contributed by atoms with van der Waals surface area (Å²) in [6.45, 7) is 3.53. The van der Waals surface area contributed by atoms with Crippen molar-refractivity contribution in [2.24, 2.45) is 0 Å². The molecule has 3 nitrogen and oxygen atoms in total. The highest BCUT2D eigenvalue weighted by Crippen LogP contribution is 2.20. The summed E-state index contributed by atoms with van der Waals surface area (Å²) in [4.78, 5) is 0.